The second-order valence-electron chi connectivity index (χ2n) is 5.37. The molecule has 4 nitrogen and oxygen atoms in total. The number of ether oxygens (including phenoxy) is 1. The lowest BCUT2D eigenvalue weighted by molar-refractivity contribution is -0.123. The molecule has 0 aliphatic carbocycles. The van der Waals surface area contributed by atoms with Gasteiger partial charge in [0.05, 0.1) is 5.56 Å². The lowest BCUT2D eigenvalue weighted by atomic mass is 10.1. The Morgan fingerprint density at radius 1 is 1.13 bits per heavy atom. The second-order valence-corrected chi connectivity index (χ2v) is 6.28. The van der Waals surface area contributed by atoms with Crippen LogP contribution >= 0.6 is 15.9 Å². The summed E-state index contributed by atoms with van der Waals surface area (Å²) in [6.07, 6.45) is -0.888. The van der Waals surface area contributed by atoms with E-state index in [0.717, 1.165) is 21.3 Å². The molecule has 0 unspecified atom stereocenters. The summed E-state index contributed by atoms with van der Waals surface area (Å²) >= 11 is 3.30. The number of rotatable bonds is 4. The zero-order chi connectivity index (χ0) is 17.0. The van der Waals surface area contributed by atoms with Gasteiger partial charge in [-0.25, -0.2) is 4.79 Å². The van der Waals surface area contributed by atoms with Gasteiger partial charge in [-0.2, -0.15) is 0 Å². The van der Waals surface area contributed by atoms with E-state index in [-0.39, 0.29) is 5.91 Å². The highest BCUT2D eigenvalue weighted by Crippen LogP contribution is 2.17. The first-order chi connectivity index (χ1) is 10.9. The molecular formula is C18H18BrNO3. The van der Waals surface area contributed by atoms with Gasteiger partial charge in [0.25, 0.3) is 5.91 Å². The molecule has 0 spiro atoms. The van der Waals surface area contributed by atoms with Crippen molar-refractivity contribution >= 4 is 33.5 Å². The number of amides is 1. The van der Waals surface area contributed by atoms with E-state index in [2.05, 4.69) is 21.2 Å². The average molecular weight is 376 g/mol. The van der Waals surface area contributed by atoms with E-state index in [4.69, 9.17) is 4.74 Å². The highest BCUT2D eigenvalue weighted by Gasteiger charge is 2.19. The Morgan fingerprint density at radius 3 is 2.57 bits per heavy atom. The molecule has 1 N–H and O–H groups in total. The highest BCUT2D eigenvalue weighted by atomic mass is 79.9. The first-order valence-corrected chi connectivity index (χ1v) is 8.01. The Kier molecular flexibility index (Phi) is 5.55. The summed E-state index contributed by atoms with van der Waals surface area (Å²) in [5.74, 6) is -0.892. The van der Waals surface area contributed by atoms with E-state index >= 15 is 0 Å². The summed E-state index contributed by atoms with van der Waals surface area (Å²) in [7, 11) is 0. The number of esters is 1. The van der Waals surface area contributed by atoms with Gasteiger partial charge in [-0.05, 0) is 56.2 Å². The number of anilines is 1. The molecule has 0 saturated carbocycles. The number of aryl methyl sites for hydroxylation is 2. The van der Waals surface area contributed by atoms with Crippen LogP contribution in [0.3, 0.4) is 0 Å². The van der Waals surface area contributed by atoms with E-state index < -0.39 is 12.1 Å². The molecule has 0 saturated heterocycles. The fourth-order valence-corrected chi connectivity index (χ4v) is 2.40. The fourth-order valence-electron chi connectivity index (χ4n) is 2.00. The predicted octanol–water partition coefficient (Wildman–Crippen LogP) is 4.25. The SMILES string of the molecule is Cc1ccc(C)c(NC(=O)[C@H](C)OC(=O)c2cccc(Br)c2)c1. The van der Waals surface area contributed by atoms with Crippen LogP contribution in [-0.4, -0.2) is 18.0 Å². The minimum atomic E-state index is -0.888. The van der Waals surface area contributed by atoms with Crippen LogP contribution in [0.4, 0.5) is 5.69 Å². The van der Waals surface area contributed by atoms with E-state index in [1.54, 1.807) is 25.1 Å². The minimum Gasteiger partial charge on any atom is -0.449 e. The van der Waals surface area contributed by atoms with E-state index in [0.29, 0.717) is 5.56 Å². The Balaban J connectivity index is 2.02. The molecular weight excluding hydrogens is 358 g/mol. The van der Waals surface area contributed by atoms with Crippen molar-refractivity contribution in [3.05, 3.63) is 63.6 Å². The topological polar surface area (TPSA) is 55.4 Å². The maximum Gasteiger partial charge on any atom is 0.338 e. The highest BCUT2D eigenvalue weighted by molar-refractivity contribution is 9.10. The normalized spacial score (nSPS) is 11.7. The van der Waals surface area contributed by atoms with Crippen LogP contribution in [0.2, 0.25) is 0 Å². The summed E-state index contributed by atoms with van der Waals surface area (Å²) in [5, 5.41) is 2.79. The van der Waals surface area contributed by atoms with Crippen molar-refractivity contribution in [3.63, 3.8) is 0 Å². The van der Waals surface area contributed by atoms with Crippen molar-refractivity contribution in [2.45, 2.75) is 26.9 Å². The fraction of sp³-hybridized carbons (Fsp3) is 0.222. The number of halogens is 1. The van der Waals surface area contributed by atoms with Crippen molar-refractivity contribution < 1.29 is 14.3 Å². The third kappa shape index (κ3) is 4.66. The molecule has 0 radical (unpaired) electrons. The van der Waals surface area contributed by atoms with Crippen molar-refractivity contribution in [2.24, 2.45) is 0 Å². The van der Waals surface area contributed by atoms with Gasteiger partial charge < -0.3 is 10.1 Å². The monoisotopic (exact) mass is 375 g/mol. The molecule has 0 aliphatic rings. The standard InChI is InChI=1S/C18H18BrNO3/c1-11-7-8-12(2)16(9-11)20-17(21)13(3)23-18(22)14-5-4-6-15(19)10-14/h4-10,13H,1-3H3,(H,20,21)/t13-/m0/s1. The van der Waals surface area contributed by atoms with Crippen LogP contribution in [0.15, 0.2) is 46.9 Å². The third-order valence-corrected chi connectivity index (χ3v) is 3.86. The van der Waals surface area contributed by atoms with Gasteiger partial charge in [0.15, 0.2) is 6.10 Å². The van der Waals surface area contributed by atoms with Gasteiger partial charge in [-0.3, -0.25) is 4.79 Å². The smallest absolute Gasteiger partial charge is 0.338 e. The summed E-state index contributed by atoms with van der Waals surface area (Å²) in [4.78, 5) is 24.3. The van der Waals surface area contributed by atoms with Crippen molar-refractivity contribution in [3.8, 4) is 0 Å². The van der Waals surface area contributed by atoms with Crippen LogP contribution < -0.4 is 5.32 Å². The Labute approximate surface area is 144 Å². The number of hydrogen-bond donors (Lipinski definition) is 1. The molecule has 2 rings (SSSR count). The first kappa shape index (κ1) is 17.2. The molecule has 0 heterocycles. The summed E-state index contributed by atoms with van der Waals surface area (Å²) in [6.45, 7) is 5.41. The van der Waals surface area contributed by atoms with Crippen LogP contribution in [0, 0.1) is 13.8 Å². The Morgan fingerprint density at radius 2 is 1.87 bits per heavy atom. The lowest BCUT2D eigenvalue weighted by Gasteiger charge is -2.15. The number of hydrogen-bond acceptors (Lipinski definition) is 3. The molecule has 0 aromatic heterocycles. The molecule has 0 fully saturated rings. The average Bonchev–Trinajstić information content (AvgIpc) is 2.50. The summed E-state index contributed by atoms with van der Waals surface area (Å²) in [5.41, 5.74) is 3.12. The summed E-state index contributed by atoms with van der Waals surface area (Å²) in [6, 6.07) is 12.6. The van der Waals surface area contributed by atoms with E-state index in [1.807, 2.05) is 38.1 Å². The molecule has 2 aromatic carbocycles. The minimum absolute atomic E-state index is 0.359. The third-order valence-electron chi connectivity index (χ3n) is 3.36. The number of nitrogens with one attached hydrogen (secondary N) is 1. The zero-order valence-electron chi connectivity index (χ0n) is 13.2. The lowest BCUT2D eigenvalue weighted by Crippen LogP contribution is -2.30. The largest absolute Gasteiger partial charge is 0.449 e. The Hall–Kier alpha value is -2.14. The van der Waals surface area contributed by atoms with Gasteiger partial charge in [-0.15, -0.1) is 0 Å². The maximum atomic E-state index is 12.2. The van der Waals surface area contributed by atoms with E-state index in [9.17, 15) is 9.59 Å². The quantitative estimate of drug-likeness (QED) is 0.812. The van der Waals surface area contributed by atoms with Crippen LogP contribution in [0.25, 0.3) is 0 Å². The first-order valence-electron chi connectivity index (χ1n) is 7.21. The van der Waals surface area contributed by atoms with Crippen LogP contribution in [-0.2, 0) is 9.53 Å². The number of carbonyl (C=O) groups is 2. The predicted molar refractivity (Wildman–Crippen MR) is 93.6 cm³/mol. The second kappa shape index (κ2) is 7.42. The molecule has 0 bridgehead atoms. The van der Waals surface area contributed by atoms with Gasteiger partial charge in [0.2, 0.25) is 0 Å². The number of carbonyl (C=O) groups excluding carboxylic acids is 2. The molecule has 23 heavy (non-hydrogen) atoms. The molecule has 120 valence electrons. The van der Waals surface area contributed by atoms with Crippen molar-refractivity contribution in [2.75, 3.05) is 5.32 Å². The van der Waals surface area contributed by atoms with Crippen molar-refractivity contribution in [1.82, 2.24) is 0 Å². The maximum absolute atomic E-state index is 12.2. The molecule has 0 aliphatic heterocycles. The van der Waals surface area contributed by atoms with Gasteiger partial charge in [0, 0.05) is 10.2 Å². The van der Waals surface area contributed by atoms with Crippen LogP contribution in [0.1, 0.15) is 28.4 Å². The molecule has 5 heteroatoms. The molecule has 1 amide bonds. The van der Waals surface area contributed by atoms with Gasteiger partial charge in [0.1, 0.15) is 0 Å². The van der Waals surface area contributed by atoms with E-state index in [1.165, 1.54) is 0 Å². The van der Waals surface area contributed by atoms with Gasteiger partial charge in [-0.1, -0.05) is 34.1 Å². The molecule has 2 aromatic rings. The summed E-state index contributed by atoms with van der Waals surface area (Å²) < 4.78 is 6.00. The molecule has 1 atom stereocenters. The zero-order valence-corrected chi connectivity index (χ0v) is 14.8. The van der Waals surface area contributed by atoms with Crippen LogP contribution in [0.5, 0.6) is 0 Å². The Bertz CT molecular complexity index is 743. The van der Waals surface area contributed by atoms with Crippen molar-refractivity contribution in [1.29, 1.82) is 0 Å². The van der Waals surface area contributed by atoms with Gasteiger partial charge >= 0.3 is 5.97 Å². The number of benzene rings is 2.